The lowest BCUT2D eigenvalue weighted by molar-refractivity contribution is 0.103. The molecule has 0 bridgehead atoms. The van der Waals surface area contributed by atoms with Gasteiger partial charge in [-0.2, -0.15) is 0 Å². The molecule has 0 spiro atoms. The number of amides is 1. The topological polar surface area (TPSA) is 56.7 Å². The monoisotopic (exact) mass is 221 g/mol. The van der Waals surface area contributed by atoms with E-state index in [4.69, 9.17) is 5.11 Å². The van der Waals surface area contributed by atoms with Gasteiger partial charge in [-0.25, -0.2) is 4.79 Å². The van der Waals surface area contributed by atoms with Crippen LogP contribution < -0.4 is 0 Å². The van der Waals surface area contributed by atoms with Crippen LogP contribution in [-0.2, 0) is 6.54 Å². The van der Waals surface area contributed by atoms with Crippen molar-refractivity contribution in [2.75, 3.05) is 26.2 Å². The van der Waals surface area contributed by atoms with Gasteiger partial charge < -0.3 is 10.0 Å². The Labute approximate surface area is 94.3 Å². The van der Waals surface area contributed by atoms with Crippen LogP contribution in [0.3, 0.4) is 0 Å². The Morgan fingerprint density at radius 2 is 1.88 bits per heavy atom. The first-order chi connectivity index (χ1) is 7.75. The molecule has 1 aliphatic heterocycles. The number of carbonyl (C=O) groups is 1. The zero-order valence-corrected chi connectivity index (χ0v) is 9.04. The molecular formula is C11H15N3O2. The first-order valence-corrected chi connectivity index (χ1v) is 5.35. The number of hydrogen-bond donors (Lipinski definition) is 1. The molecule has 1 aliphatic rings. The van der Waals surface area contributed by atoms with Crippen molar-refractivity contribution in [1.82, 2.24) is 14.8 Å². The minimum absolute atomic E-state index is 0.598. The van der Waals surface area contributed by atoms with Crippen LogP contribution in [0.2, 0.25) is 0 Å². The molecule has 5 nitrogen and oxygen atoms in total. The van der Waals surface area contributed by atoms with Crippen LogP contribution in [0.4, 0.5) is 4.79 Å². The van der Waals surface area contributed by atoms with Crippen molar-refractivity contribution in [1.29, 1.82) is 0 Å². The second kappa shape index (κ2) is 4.94. The fraction of sp³-hybridized carbons (Fsp3) is 0.455. The van der Waals surface area contributed by atoms with Crippen LogP contribution in [0, 0.1) is 0 Å². The van der Waals surface area contributed by atoms with Gasteiger partial charge in [-0.1, -0.05) is 0 Å². The van der Waals surface area contributed by atoms with E-state index in [2.05, 4.69) is 9.88 Å². The molecule has 0 unspecified atom stereocenters. The van der Waals surface area contributed by atoms with Gasteiger partial charge in [-0.3, -0.25) is 9.88 Å². The molecule has 1 N–H and O–H groups in total. The molecule has 16 heavy (non-hydrogen) atoms. The Kier molecular flexibility index (Phi) is 3.36. The van der Waals surface area contributed by atoms with E-state index in [1.807, 2.05) is 12.1 Å². The van der Waals surface area contributed by atoms with Crippen molar-refractivity contribution < 1.29 is 9.90 Å². The number of rotatable bonds is 2. The Bertz CT molecular complexity index is 348. The lowest BCUT2D eigenvalue weighted by Crippen LogP contribution is -2.47. The molecule has 2 rings (SSSR count). The van der Waals surface area contributed by atoms with Crippen molar-refractivity contribution in [2.24, 2.45) is 0 Å². The lowest BCUT2D eigenvalue weighted by Gasteiger charge is -2.32. The van der Waals surface area contributed by atoms with Gasteiger partial charge in [0, 0.05) is 45.1 Å². The van der Waals surface area contributed by atoms with E-state index in [0.29, 0.717) is 13.1 Å². The van der Waals surface area contributed by atoms with Gasteiger partial charge in [0.05, 0.1) is 0 Å². The molecule has 0 saturated carbocycles. The summed E-state index contributed by atoms with van der Waals surface area (Å²) in [5, 5.41) is 8.81. The van der Waals surface area contributed by atoms with Gasteiger partial charge in [0.1, 0.15) is 0 Å². The summed E-state index contributed by atoms with van der Waals surface area (Å²) in [4.78, 5) is 18.4. The predicted molar refractivity (Wildman–Crippen MR) is 59.1 cm³/mol. The second-order valence-corrected chi connectivity index (χ2v) is 3.90. The minimum Gasteiger partial charge on any atom is -0.465 e. The van der Waals surface area contributed by atoms with Crippen LogP contribution in [0.5, 0.6) is 0 Å². The minimum atomic E-state index is -0.816. The number of nitrogens with zero attached hydrogens (tertiary/aromatic N) is 3. The summed E-state index contributed by atoms with van der Waals surface area (Å²) in [5.74, 6) is 0. The number of piperazine rings is 1. The van der Waals surface area contributed by atoms with Crippen molar-refractivity contribution in [2.45, 2.75) is 6.54 Å². The van der Waals surface area contributed by atoms with E-state index in [1.165, 1.54) is 10.5 Å². The highest BCUT2D eigenvalue weighted by atomic mass is 16.4. The molecule has 0 radical (unpaired) electrons. The molecule has 86 valence electrons. The molecule has 1 amide bonds. The molecule has 0 atom stereocenters. The smallest absolute Gasteiger partial charge is 0.407 e. The third-order valence-corrected chi connectivity index (χ3v) is 2.80. The highest BCUT2D eigenvalue weighted by Crippen LogP contribution is 2.07. The maximum absolute atomic E-state index is 10.7. The van der Waals surface area contributed by atoms with Gasteiger partial charge in [0.2, 0.25) is 0 Å². The number of carboxylic acid groups (broad SMARTS) is 1. The first kappa shape index (κ1) is 10.9. The SMILES string of the molecule is O=C(O)N1CCN(Cc2ccncc2)CC1. The normalized spacial score (nSPS) is 17.4. The fourth-order valence-corrected chi connectivity index (χ4v) is 1.84. The van der Waals surface area contributed by atoms with Crippen LogP contribution in [0.1, 0.15) is 5.56 Å². The molecular weight excluding hydrogens is 206 g/mol. The van der Waals surface area contributed by atoms with Crippen molar-refractivity contribution in [3.8, 4) is 0 Å². The Balaban J connectivity index is 1.84. The predicted octanol–water partition coefficient (Wildman–Crippen LogP) is 0.877. The Morgan fingerprint density at radius 3 is 2.44 bits per heavy atom. The van der Waals surface area contributed by atoms with E-state index >= 15 is 0 Å². The maximum atomic E-state index is 10.7. The molecule has 5 heteroatoms. The molecule has 0 aliphatic carbocycles. The molecule has 1 aromatic rings. The zero-order valence-electron chi connectivity index (χ0n) is 9.04. The summed E-state index contributed by atoms with van der Waals surface area (Å²) in [5.41, 5.74) is 1.22. The second-order valence-electron chi connectivity index (χ2n) is 3.90. The first-order valence-electron chi connectivity index (χ1n) is 5.35. The molecule has 1 aromatic heterocycles. The van der Waals surface area contributed by atoms with E-state index in [-0.39, 0.29) is 0 Å². The van der Waals surface area contributed by atoms with Crippen LogP contribution in [-0.4, -0.2) is 52.2 Å². The average Bonchev–Trinajstić information content (AvgIpc) is 2.31. The average molecular weight is 221 g/mol. The Morgan fingerprint density at radius 1 is 1.25 bits per heavy atom. The summed E-state index contributed by atoms with van der Waals surface area (Å²) in [6.07, 6.45) is 2.75. The lowest BCUT2D eigenvalue weighted by atomic mass is 10.2. The summed E-state index contributed by atoms with van der Waals surface area (Å²) >= 11 is 0. The Hall–Kier alpha value is -1.62. The van der Waals surface area contributed by atoms with Gasteiger partial charge in [-0.15, -0.1) is 0 Å². The highest BCUT2D eigenvalue weighted by molar-refractivity contribution is 5.65. The zero-order chi connectivity index (χ0) is 11.4. The largest absolute Gasteiger partial charge is 0.465 e. The van der Waals surface area contributed by atoms with Crippen molar-refractivity contribution >= 4 is 6.09 Å². The fourth-order valence-electron chi connectivity index (χ4n) is 1.84. The molecule has 1 fully saturated rings. The van der Waals surface area contributed by atoms with E-state index in [9.17, 15) is 4.79 Å². The third kappa shape index (κ3) is 2.70. The number of pyridine rings is 1. The highest BCUT2D eigenvalue weighted by Gasteiger charge is 2.19. The van der Waals surface area contributed by atoms with Crippen LogP contribution >= 0.6 is 0 Å². The standard InChI is InChI=1S/C11H15N3O2/c15-11(16)14-7-5-13(6-8-14)9-10-1-3-12-4-2-10/h1-4H,5-9H2,(H,15,16). The molecule has 1 saturated heterocycles. The third-order valence-electron chi connectivity index (χ3n) is 2.80. The van der Waals surface area contributed by atoms with Gasteiger partial charge in [0.25, 0.3) is 0 Å². The van der Waals surface area contributed by atoms with Crippen molar-refractivity contribution in [3.63, 3.8) is 0 Å². The van der Waals surface area contributed by atoms with Crippen LogP contribution in [0.25, 0.3) is 0 Å². The number of hydrogen-bond acceptors (Lipinski definition) is 3. The summed E-state index contributed by atoms with van der Waals surface area (Å²) < 4.78 is 0. The van der Waals surface area contributed by atoms with Crippen molar-refractivity contribution in [3.05, 3.63) is 30.1 Å². The summed E-state index contributed by atoms with van der Waals surface area (Å²) in [7, 11) is 0. The van der Waals surface area contributed by atoms with Gasteiger partial charge in [0.15, 0.2) is 0 Å². The van der Waals surface area contributed by atoms with E-state index < -0.39 is 6.09 Å². The maximum Gasteiger partial charge on any atom is 0.407 e. The van der Waals surface area contributed by atoms with Gasteiger partial charge >= 0.3 is 6.09 Å². The number of aromatic nitrogens is 1. The molecule has 2 heterocycles. The quantitative estimate of drug-likeness (QED) is 0.805. The van der Waals surface area contributed by atoms with E-state index in [0.717, 1.165) is 19.6 Å². The summed E-state index contributed by atoms with van der Waals surface area (Å²) in [6, 6.07) is 3.98. The molecule has 0 aromatic carbocycles. The van der Waals surface area contributed by atoms with Crippen LogP contribution in [0.15, 0.2) is 24.5 Å². The van der Waals surface area contributed by atoms with E-state index in [1.54, 1.807) is 12.4 Å². The summed E-state index contributed by atoms with van der Waals surface area (Å²) in [6.45, 7) is 3.67. The van der Waals surface area contributed by atoms with Gasteiger partial charge in [-0.05, 0) is 17.7 Å².